The fourth-order valence-corrected chi connectivity index (χ4v) is 4.47. The zero-order valence-corrected chi connectivity index (χ0v) is 14.6. The monoisotopic (exact) mass is 329 g/mol. The standard InChI is InChI=1S/C21H31NO2/c23-19-14-12-18(13-15-19)22-21(24)20-11-5-10-17(20)9-4-8-16-6-2-1-3-7-16/h1-3,6-7,17-20,23H,4-5,8-15H2,(H,22,24). The predicted octanol–water partition coefficient (Wildman–Crippen LogP) is 3.85. The molecule has 2 atom stereocenters. The Labute approximate surface area is 145 Å². The highest BCUT2D eigenvalue weighted by atomic mass is 16.3. The summed E-state index contributed by atoms with van der Waals surface area (Å²) in [7, 11) is 0. The van der Waals surface area contributed by atoms with Gasteiger partial charge in [-0.25, -0.2) is 0 Å². The molecule has 0 bridgehead atoms. The van der Waals surface area contributed by atoms with Crippen LogP contribution < -0.4 is 5.32 Å². The molecule has 2 aliphatic carbocycles. The summed E-state index contributed by atoms with van der Waals surface area (Å²) in [5.41, 5.74) is 1.40. The van der Waals surface area contributed by atoms with E-state index in [4.69, 9.17) is 0 Å². The maximum atomic E-state index is 12.7. The Kier molecular flexibility index (Phi) is 6.30. The molecule has 2 N–H and O–H groups in total. The number of carbonyl (C=O) groups excluding carboxylic acids is 1. The molecule has 0 saturated heterocycles. The van der Waals surface area contributed by atoms with Crippen LogP contribution in [-0.2, 0) is 11.2 Å². The molecule has 3 heteroatoms. The topological polar surface area (TPSA) is 49.3 Å². The van der Waals surface area contributed by atoms with E-state index in [1.54, 1.807) is 0 Å². The van der Waals surface area contributed by atoms with Gasteiger partial charge in [-0.2, -0.15) is 0 Å². The Bertz CT molecular complexity index is 508. The molecule has 0 aromatic heterocycles. The lowest BCUT2D eigenvalue weighted by molar-refractivity contribution is -0.127. The quantitative estimate of drug-likeness (QED) is 0.833. The minimum Gasteiger partial charge on any atom is -0.393 e. The summed E-state index contributed by atoms with van der Waals surface area (Å²) in [5, 5.41) is 12.9. The third-order valence-corrected chi connectivity index (χ3v) is 5.92. The van der Waals surface area contributed by atoms with Crippen LogP contribution in [0.25, 0.3) is 0 Å². The second-order valence-electron chi connectivity index (χ2n) is 7.69. The molecule has 0 aliphatic heterocycles. The van der Waals surface area contributed by atoms with Crippen molar-refractivity contribution >= 4 is 5.91 Å². The van der Waals surface area contributed by atoms with Crippen molar-refractivity contribution in [3.05, 3.63) is 35.9 Å². The number of aryl methyl sites for hydroxylation is 1. The lowest BCUT2D eigenvalue weighted by Gasteiger charge is -2.28. The van der Waals surface area contributed by atoms with Crippen LogP contribution in [-0.4, -0.2) is 23.2 Å². The largest absolute Gasteiger partial charge is 0.393 e. The van der Waals surface area contributed by atoms with E-state index in [-0.39, 0.29) is 24.0 Å². The van der Waals surface area contributed by atoms with Crippen molar-refractivity contribution in [3.63, 3.8) is 0 Å². The van der Waals surface area contributed by atoms with Crippen LogP contribution in [0.5, 0.6) is 0 Å². The van der Waals surface area contributed by atoms with Gasteiger partial charge in [-0.05, 0) is 69.3 Å². The summed E-state index contributed by atoms with van der Waals surface area (Å²) in [6.07, 6.45) is 10.3. The van der Waals surface area contributed by atoms with E-state index < -0.39 is 0 Å². The molecular weight excluding hydrogens is 298 g/mol. The number of carbonyl (C=O) groups is 1. The number of amides is 1. The molecule has 2 fully saturated rings. The van der Waals surface area contributed by atoms with E-state index in [1.165, 1.54) is 24.8 Å². The van der Waals surface area contributed by atoms with Crippen molar-refractivity contribution in [1.29, 1.82) is 0 Å². The molecule has 24 heavy (non-hydrogen) atoms. The second-order valence-corrected chi connectivity index (χ2v) is 7.69. The van der Waals surface area contributed by atoms with Gasteiger partial charge in [0.15, 0.2) is 0 Å². The van der Waals surface area contributed by atoms with E-state index in [0.29, 0.717) is 5.92 Å². The Morgan fingerprint density at radius 3 is 2.54 bits per heavy atom. The van der Waals surface area contributed by atoms with Crippen molar-refractivity contribution in [3.8, 4) is 0 Å². The van der Waals surface area contributed by atoms with E-state index in [9.17, 15) is 9.90 Å². The SMILES string of the molecule is O=C(NC1CCC(O)CC1)C1CCCC1CCCc1ccccc1. The first kappa shape index (κ1) is 17.5. The zero-order valence-electron chi connectivity index (χ0n) is 14.6. The Morgan fingerprint density at radius 2 is 1.79 bits per heavy atom. The van der Waals surface area contributed by atoms with Crippen LogP contribution in [0.2, 0.25) is 0 Å². The molecule has 1 aromatic carbocycles. The fourth-order valence-electron chi connectivity index (χ4n) is 4.47. The molecule has 2 aliphatic rings. The highest BCUT2D eigenvalue weighted by Gasteiger charge is 2.33. The molecule has 2 unspecified atom stereocenters. The van der Waals surface area contributed by atoms with Gasteiger partial charge in [-0.15, -0.1) is 0 Å². The molecule has 3 nitrogen and oxygen atoms in total. The van der Waals surface area contributed by atoms with Crippen molar-refractivity contribution in [1.82, 2.24) is 5.32 Å². The molecule has 1 aromatic rings. The van der Waals surface area contributed by atoms with Crippen molar-refractivity contribution < 1.29 is 9.90 Å². The molecular formula is C21H31NO2. The third-order valence-electron chi connectivity index (χ3n) is 5.92. The van der Waals surface area contributed by atoms with Crippen LogP contribution in [0.3, 0.4) is 0 Å². The molecule has 1 amide bonds. The van der Waals surface area contributed by atoms with Gasteiger partial charge in [0.2, 0.25) is 5.91 Å². The Hall–Kier alpha value is -1.35. The maximum Gasteiger partial charge on any atom is 0.223 e. The average Bonchev–Trinajstić information content (AvgIpc) is 3.06. The van der Waals surface area contributed by atoms with Gasteiger partial charge in [0.1, 0.15) is 0 Å². The highest BCUT2D eigenvalue weighted by molar-refractivity contribution is 5.79. The zero-order chi connectivity index (χ0) is 16.8. The first-order valence-electron chi connectivity index (χ1n) is 9.74. The summed E-state index contributed by atoms with van der Waals surface area (Å²) in [6.45, 7) is 0. The highest BCUT2D eigenvalue weighted by Crippen LogP contribution is 2.35. The first-order valence-corrected chi connectivity index (χ1v) is 9.74. The van der Waals surface area contributed by atoms with Gasteiger partial charge in [0.25, 0.3) is 0 Å². The predicted molar refractivity (Wildman–Crippen MR) is 96.6 cm³/mol. The Morgan fingerprint density at radius 1 is 1.04 bits per heavy atom. The van der Waals surface area contributed by atoms with Gasteiger partial charge < -0.3 is 10.4 Å². The lowest BCUT2D eigenvalue weighted by Crippen LogP contribution is -2.42. The molecule has 3 rings (SSSR count). The summed E-state index contributed by atoms with van der Waals surface area (Å²) in [4.78, 5) is 12.7. The summed E-state index contributed by atoms with van der Waals surface area (Å²) >= 11 is 0. The van der Waals surface area contributed by atoms with Gasteiger partial charge >= 0.3 is 0 Å². The van der Waals surface area contributed by atoms with Crippen LogP contribution >= 0.6 is 0 Å². The van der Waals surface area contributed by atoms with Crippen LogP contribution in [0.15, 0.2) is 30.3 Å². The number of aliphatic hydroxyl groups is 1. The minimum absolute atomic E-state index is 0.157. The van der Waals surface area contributed by atoms with Crippen molar-refractivity contribution in [2.75, 3.05) is 0 Å². The number of hydrogen-bond acceptors (Lipinski definition) is 2. The van der Waals surface area contributed by atoms with Crippen molar-refractivity contribution in [2.24, 2.45) is 11.8 Å². The normalized spacial score (nSPS) is 30.2. The first-order chi connectivity index (χ1) is 11.7. The summed E-state index contributed by atoms with van der Waals surface area (Å²) in [5.74, 6) is 1.05. The summed E-state index contributed by atoms with van der Waals surface area (Å²) < 4.78 is 0. The average molecular weight is 329 g/mol. The van der Waals surface area contributed by atoms with E-state index in [0.717, 1.165) is 44.9 Å². The number of nitrogens with one attached hydrogen (secondary N) is 1. The lowest BCUT2D eigenvalue weighted by atomic mass is 9.88. The van der Waals surface area contributed by atoms with Crippen LogP contribution in [0, 0.1) is 11.8 Å². The number of benzene rings is 1. The molecule has 2 saturated carbocycles. The Balaban J connectivity index is 1.43. The molecule has 132 valence electrons. The maximum absolute atomic E-state index is 12.7. The number of aliphatic hydroxyl groups excluding tert-OH is 1. The third kappa shape index (κ3) is 4.83. The second kappa shape index (κ2) is 8.66. The smallest absolute Gasteiger partial charge is 0.223 e. The van der Waals surface area contributed by atoms with Crippen LogP contribution in [0.4, 0.5) is 0 Å². The van der Waals surface area contributed by atoms with Crippen molar-refractivity contribution in [2.45, 2.75) is 76.4 Å². The van der Waals surface area contributed by atoms with E-state index >= 15 is 0 Å². The van der Waals surface area contributed by atoms with Gasteiger partial charge in [0, 0.05) is 12.0 Å². The van der Waals surface area contributed by atoms with Gasteiger partial charge in [-0.1, -0.05) is 36.8 Å². The number of hydrogen-bond donors (Lipinski definition) is 2. The fraction of sp³-hybridized carbons (Fsp3) is 0.667. The van der Waals surface area contributed by atoms with E-state index in [1.807, 2.05) is 0 Å². The van der Waals surface area contributed by atoms with Gasteiger partial charge in [0.05, 0.1) is 6.10 Å². The number of rotatable bonds is 6. The van der Waals surface area contributed by atoms with Gasteiger partial charge in [-0.3, -0.25) is 4.79 Å². The minimum atomic E-state index is -0.157. The molecule has 0 heterocycles. The summed E-state index contributed by atoms with van der Waals surface area (Å²) in [6, 6.07) is 10.9. The van der Waals surface area contributed by atoms with E-state index in [2.05, 4.69) is 35.6 Å². The van der Waals surface area contributed by atoms with Crippen LogP contribution in [0.1, 0.15) is 63.4 Å². The molecule has 0 radical (unpaired) electrons. The molecule has 0 spiro atoms.